The summed E-state index contributed by atoms with van der Waals surface area (Å²) in [6, 6.07) is 12.3. The lowest BCUT2D eigenvalue weighted by atomic mass is 9.73. The van der Waals surface area contributed by atoms with Crippen molar-refractivity contribution >= 4 is 33.0 Å². The predicted octanol–water partition coefficient (Wildman–Crippen LogP) is 4.28. The number of hydrogen-bond acceptors (Lipinski definition) is 5. The first-order chi connectivity index (χ1) is 15.3. The summed E-state index contributed by atoms with van der Waals surface area (Å²) in [5.41, 5.74) is 1.39. The topological polar surface area (TPSA) is 75.7 Å². The number of nitrogens with one attached hydrogen (secondary N) is 1. The van der Waals surface area contributed by atoms with Crippen molar-refractivity contribution < 1.29 is 17.9 Å². The second kappa shape index (κ2) is 9.04. The minimum absolute atomic E-state index is 0.0677. The van der Waals surface area contributed by atoms with Crippen molar-refractivity contribution in [3.05, 3.63) is 53.1 Å². The smallest absolute Gasteiger partial charge is 0.235 e. The fraction of sp³-hybridized carbons (Fsp3) is 0.458. The molecule has 0 bridgehead atoms. The van der Waals surface area contributed by atoms with Crippen molar-refractivity contribution in [1.29, 1.82) is 0 Å². The zero-order valence-corrected chi connectivity index (χ0v) is 20.0. The maximum Gasteiger partial charge on any atom is 0.235 e. The Hall–Kier alpha value is -2.09. The Labute approximate surface area is 194 Å². The number of ether oxygens (including phenoxy) is 1. The van der Waals surface area contributed by atoms with Crippen molar-refractivity contribution in [3.63, 3.8) is 0 Å². The molecular weight excluding hydrogens is 448 g/mol. The summed E-state index contributed by atoms with van der Waals surface area (Å²) in [4.78, 5) is 15.4. The van der Waals surface area contributed by atoms with Crippen LogP contribution in [0, 0.1) is 0 Å². The van der Waals surface area contributed by atoms with Gasteiger partial charge in [0.15, 0.2) is 9.84 Å². The molecule has 2 aromatic rings. The number of amides is 1. The molecule has 0 aromatic heterocycles. The van der Waals surface area contributed by atoms with Crippen molar-refractivity contribution in [3.8, 4) is 5.75 Å². The minimum atomic E-state index is -3.29. The van der Waals surface area contributed by atoms with Gasteiger partial charge < -0.3 is 10.1 Å². The summed E-state index contributed by atoms with van der Waals surface area (Å²) in [5.74, 6) is 0.721. The van der Waals surface area contributed by atoms with Gasteiger partial charge in [0, 0.05) is 17.3 Å². The molecule has 8 heteroatoms. The summed E-state index contributed by atoms with van der Waals surface area (Å²) >= 11 is 6.19. The lowest BCUT2D eigenvalue weighted by Crippen LogP contribution is -2.47. The highest BCUT2D eigenvalue weighted by atomic mass is 35.5. The van der Waals surface area contributed by atoms with Crippen LogP contribution in [0.1, 0.15) is 38.7 Å². The average molecular weight is 477 g/mol. The molecule has 4 rings (SSSR count). The number of piperidine rings is 1. The molecule has 1 amide bonds. The van der Waals surface area contributed by atoms with E-state index in [0.29, 0.717) is 28.7 Å². The predicted molar refractivity (Wildman–Crippen MR) is 126 cm³/mol. The molecule has 0 aliphatic carbocycles. The van der Waals surface area contributed by atoms with E-state index in [0.717, 1.165) is 43.7 Å². The molecule has 1 spiro atoms. The highest BCUT2D eigenvalue weighted by molar-refractivity contribution is 7.92. The molecule has 1 fully saturated rings. The van der Waals surface area contributed by atoms with Crippen LogP contribution in [0.4, 0.5) is 5.69 Å². The standard InChI is InChI=1S/C24H29ClN2O4S/c1-3-17(2)32(29,30)20-7-5-19(6-8-20)31-15-14-27-12-10-24(11-13-27)21-16-18(25)4-9-22(21)26-23(24)28/h4-9,16-17H,3,10-15H2,1-2H3,(H,26,28). The van der Waals surface area contributed by atoms with Gasteiger partial charge in [0.1, 0.15) is 12.4 Å². The molecule has 6 nitrogen and oxygen atoms in total. The molecule has 0 saturated carbocycles. The molecule has 2 aliphatic heterocycles. The molecule has 1 unspecified atom stereocenters. The quantitative estimate of drug-likeness (QED) is 0.645. The SMILES string of the molecule is CCC(C)S(=O)(=O)c1ccc(OCCN2CCC3(CC2)C(=O)Nc2ccc(Cl)cc23)cc1. The molecule has 1 atom stereocenters. The van der Waals surface area contributed by atoms with Gasteiger partial charge >= 0.3 is 0 Å². The molecule has 2 aliphatic rings. The first kappa shape index (κ1) is 23.1. The molecule has 172 valence electrons. The number of nitrogens with zero attached hydrogens (tertiary/aromatic N) is 1. The number of benzene rings is 2. The van der Waals surface area contributed by atoms with Crippen molar-refractivity contribution in [2.45, 2.75) is 48.7 Å². The van der Waals surface area contributed by atoms with Gasteiger partial charge in [-0.05, 0) is 87.3 Å². The van der Waals surface area contributed by atoms with Crippen LogP contribution in [0.15, 0.2) is 47.4 Å². The number of hydrogen-bond donors (Lipinski definition) is 1. The maximum absolute atomic E-state index is 12.7. The summed E-state index contributed by atoms with van der Waals surface area (Å²) in [7, 11) is -3.29. The number of carbonyl (C=O) groups excluding carboxylic acids is 1. The fourth-order valence-electron chi connectivity index (χ4n) is 4.51. The van der Waals surface area contributed by atoms with Gasteiger partial charge in [-0.2, -0.15) is 0 Å². The van der Waals surface area contributed by atoms with Gasteiger partial charge in [-0.25, -0.2) is 8.42 Å². The first-order valence-electron chi connectivity index (χ1n) is 11.1. The van der Waals surface area contributed by atoms with Crippen LogP contribution in [0.5, 0.6) is 5.75 Å². The van der Waals surface area contributed by atoms with E-state index in [1.165, 1.54) is 0 Å². The fourth-order valence-corrected chi connectivity index (χ4v) is 6.10. The van der Waals surface area contributed by atoms with Crippen LogP contribution in [-0.2, 0) is 20.0 Å². The first-order valence-corrected chi connectivity index (χ1v) is 13.0. The Morgan fingerprint density at radius 2 is 1.84 bits per heavy atom. The summed E-state index contributed by atoms with van der Waals surface area (Å²) < 4.78 is 30.7. The van der Waals surface area contributed by atoms with Gasteiger partial charge in [0.05, 0.1) is 15.6 Å². The molecular formula is C24H29ClN2O4S. The Kier molecular flexibility index (Phi) is 6.52. The lowest BCUT2D eigenvalue weighted by Gasteiger charge is -2.37. The Morgan fingerprint density at radius 1 is 1.16 bits per heavy atom. The minimum Gasteiger partial charge on any atom is -0.492 e. The maximum atomic E-state index is 12.7. The van der Waals surface area contributed by atoms with Crippen LogP contribution >= 0.6 is 11.6 Å². The van der Waals surface area contributed by atoms with Crippen LogP contribution in [0.25, 0.3) is 0 Å². The van der Waals surface area contributed by atoms with Crippen LogP contribution in [0.2, 0.25) is 5.02 Å². The zero-order valence-electron chi connectivity index (χ0n) is 18.4. The van der Waals surface area contributed by atoms with E-state index in [9.17, 15) is 13.2 Å². The number of anilines is 1. The van der Waals surface area contributed by atoms with Crippen molar-refractivity contribution in [2.24, 2.45) is 0 Å². The van der Waals surface area contributed by atoms with E-state index in [1.807, 2.05) is 19.1 Å². The molecule has 0 radical (unpaired) electrons. The van der Waals surface area contributed by atoms with Crippen LogP contribution < -0.4 is 10.1 Å². The lowest BCUT2D eigenvalue weighted by molar-refractivity contribution is -0.122. The van der Waals surface area contributed by atoms with Gasteiger partial charge in [0.2, 0.25) is 5.91 Å². The molecule has 2 aromatic carbocycles. The Morgan fingerprint density at radius 3 is 2.50 bits per heavy atom. The highest BCUT2D eigenvalue weighted by Crippen LogP contribution is 2.45. The third kappa shape index (κ3) is 4.26. The summed E-state index contributed by atoms with van der Waals surface area (Å²) in [6.45, 7) is 6.44. The van der Waals surface area contributed by atoms with E-state index in [2.05, 4.69) is 10.2 Å². The second-order valence-corrected chi connectivity index (χ2v) is 11.5. The van der Waals surface area contributed by atoms with Crippen LogP contribution in [-0.4, -0.2) is 50.7 Å². The summed E-state index contributed by atoms with van der Waals surface area (Å²) in [5, 5.41) is 3.26. The van der Waals surface area contributed by atoms with E-state index in [4.69, 9.17) is 16.3 Å². The highest BCUT2D eigenvalue weighted by Gasteiger charge is 2.48. The normalized spacial score (nSPS) is 18.9. The van der Waals surface area contributed by atoms with E-state index in [-0.39, 0.29) is 5.91 Å². The number of fused-ring (bicyclic) bond motifs is 2. The Balaban J connectivity index is 1.30. The number of carbonyl (C=O) groups is 1. The third-order valence-electron chi connectivity index (χ3n) is 6.82. The number of sulfone groups is 1. The average Bonchev–Trinajstić information content (AvgIpc) is 3.05. The van der Waals surface area contributed by atoms with Crippen LogP contribution in [0.3, 0.4) is 0 Å². The third-order valence-corrected chi connectivity index (χ3v) is 9.38. The largest absolute Gasteiger partial charge is 0.492 e. The van der Waals surface area contributed by atoms with Gasteiger partial charge in [-0.3, -0.25) is 9.69 Å². The van der Waals surface area contributed by atoms with E-state index < -0.39 is 20.5 Å². The molecule has 1 saturated heterocycles. The Bertz CT molecular complexity index is 1090. The molecule has 32 heavy (non-hydrogen) atoms. The molecule has 1 N–H and O–H groups in total. The van der Waals surface area contributed by atoms with E-state index in [1.54, 1.807) is 37.3 Å². The number of halogens is 1. The van der Waals surface area contributed by atoms with Gasteiger partial charge in [0.25, 0.3) is 0 Å². The van der Waals surface area contributed by atoms with Gasteiger partial charge in [-0.1, -0.05) is 18.5 Å². The van der Waals surface area contributed by atoms with Crippen molar-refractivity contribution in [2.75, 3.05) is 31.6 Å². The number of likely N-dealkylation sites (tertiary alicyclic amines) is 1. The zero-order chi connectivity index (χ0) is 22.9. The number of rotatable bonds is 7. The second-order valence-electron chi connectivity index (χ2n) is 8.65. The monoisotopic (exact) mass is 476 g/mol. The van der Waals surface area contributed by atoms with Gasteiger partial charge in [-0.15, -0.1) is 0 Å². The van der Waals surface area contributed by atoms with E-state index >= 15 is 0 Å². The summed E-state index contributed by atoms with van der Waals surface area (Å²) in [6.07, 6.45) is 2.07. The van der Waals surface area contributed by atoms with Crippen molar-refractivity contribution in [1.82, 2.24) is 4.90 Å². The molecule has 2 heterocycles.